The number of rotatable bonds is 4. The fourth-order valence-corrected chi connectivity index (χ4v) is 2.54. The van der Waals surface area contributed by atoms with Gasteiger partial charge in [-0.1, -0.05) is 24.3 Å². The normalized spacial score (nSPS) is 10.7. The second-order valence-corrected chi connectivity index (χ2v) is 7.19. The van der Waals surface area contributed by atoms with Crippen LogP contribution in [0.25, 0.3) is 0 Å². The summed E-state index contributed by atoms with van der Waals surface area (Å²) in [6.07, 6.45) is 6.00. The van der Waals surface area contributed by atoms with Crippen molar-refractivity contribution in [3.05, 3.63) is 120 Å². The molecule has 4 aromatic rings. The van der Waals surface area contributed by atoms with E-state index >= 15 is 0 Å². The average molecular weight is 678 g/mol. The van der Waals surface area contributed by atoms with Gasteiger partial charge in [0.15, 0.2) is 0 Å². The third-order valence-corrected chi connectivity index (χ3v) is 4.09. The Bertz CT molecular complexity index is 1060. The quantitative estimate of drug-likeness (QED) is 0.143. The number of halogens is 8. The van der Waals surface area contributed by atoms with Gasteiger partial charge in [-0.25, -0.2) is 0 Å². The molecule has 0 aliphatic rings. The summed E-state index contributed by atoms with van der Waals surface area (Å²) in [5.41, 5.74) is 0.625. The Labute approximate surface area is 249 Å². The minimum Gasteiger partial charge on any atom is -0.418 e. The molecule has 0 aromatic carbocycles. The van der Waals surface area contributed by atoms with Crippen LogP contribution in [0.15, 0.2) is 97.6 Å². The van der Waals surface area contributed by atoms with Crippen LogP contribution in [-0.4, -0.2) is 65.8 Å². The molecule has 0 bridgehead atoms. The van der Waals surface area contributed by atoms with E-state index in [1.165, 1.54) is 49.1 Å². The minimum absolute atomic E-state index is 0. The van der Waals surface area contributed by atoms with Gasteiger partial charge < -0.3 is 65.9 Å². The summed E-state index contributed by atoms with van der Waals surface area (Å²) in [5.74, 6) is -4.27. The molecule has 4 heterocycles. The zero-order valence-corrected chi connectivity index (χ0v) is 22.2. The second-order valence-electron chi connectivity index (χ2n) is 7.19. The van der Waals surface area contributed by atoms with E-state index in [1.54, 1.807) is 48.5 Å². The van der Waals surface area contributed by atoms with E-state index in [0.29, 0.717) is 0 Å². The van der Waals surface area contributed by atoms with E-state index < -0.39 is 26.1 Å². The zero-order chi connectivity index (χ0) is 30.5. The van der Waals surface area contributed by atoms with Crippen molar-refractivity contribution in [3.63, 3.8) is 0 Å². The summed E-state index contributed by atoms with van der Waals surface area (Å²) in [6, 6.07) is 19.7. The van der Waals surface area contributed by atoms with Crippen LogP contribution in [0.1, 0.15) is 22.8 Å². The molecule has 8 N–H and O–H groups in total. The molecule has 241 valence electrons. The molecule has 0 amide bonds. The van der Waals surface area contributed by atoms with E-state index in [0.717, 1.165) is 0 Å². The zero-order valence-electron chi connectivity index (χ0n) is 21.3. The van der Waals surface area contributed by atoms with Crippen LogP contribution in [0.2, 0.25) is 0 Å². The molecular weight excluding hydrogens is 653 g/mol. The van der Waals surface area contributed by atoms with Crippen molar-refractivity contribution in [1.82, 2.24) is 19.9 Å². The Morgan fingerprint density at radius 2 is 0.581 bits per heavy atom. The first-order valence-corrected chi connectivity index (χ1v) is 10.7. The van der Waals surface area contributed by atoms with Gasteiger partial charge in [-0.05, 0) is 48.5 Å². The summed E-state index contributed by atoms with van der Waals surface area (Å²) in [4.78, 5) is 15.5. The number of pyridine rings is 4. The molecule has 0 spiro atoms. The van der Waals surface area contributed by atoms with Gasteiger partial charge in [0.25, 0.3) is 11.6 Å². The molecule has 21 heteroatoms. The molecule has 1 radical (unpaired) electrons. The predicted molar refractivity (Wildman–Crippen MR) is 135 cm³/mol. The van der Waals surface area contributed by atoms with Crippen LogP contribution in [0.4, 0.5) is 34.5 Å². The Morgan fingerprint density at radius 3 is 0.698 bits per heavy atom. The fourth-order valence-electron chi connectivity index (χ4n) is 2.54. The molecule has 0 saturated heterocycles. The first-order valence-electron chi connectivity index (χ1n) is 10.7. The van der Waals surface area contributed by atoms with E-state index in [9.17, 15) is 55.0 Å². The average Bonchev–Trinajstić information content (AvgIpc) is 2.89. The molecule has 4 rings (SSSR count). The van der Waals surface area contributed by atoms with Gasteiger partial charge in [0, 0.05) is 24.8 Å². The summed E-state index contributed by atoms with van der Waals surface area (Å²) >= 11 is 0. The first kappa shape index (κ1) is 43.9. The maximum Gasteiger partial charge on any atom is 2.00 e. The number of hydrogen-bond acceptors (Lipinski definition) is 8. The van der Waals surface area contributed by atoms with E-state index in [4.69, 9.17) is 0 Å². The number of aliphatic hydroxyl groups is 4. The molecule has 0 saturated carbocycles. The topological polar surface area (TPSA) is 195 Å². The van der Waals surface area contributed by atoms with E-state index in [1.807, 2.05) is 0 Å². The maximum absolute atomic E-state index is 9.89. The molecular formula is C22H24B2CuF8N4O6. The molecule has 10 nitrogen and oxygen atoms in total. The van der Waals surface area contributed by atoms with Gasteiger partial charge in [-0.15, -0.1) is 0 Å². The SMILES string of the molecule is F[B-](F)(F)F.F[B-](F)(F)F.O.O.OC(O)(c1ccccn1)c1ccccn1.OC(O)(c1ccccn1)c1ccccn1.[Cu+2]. The summed E-state index contributed by atoms with van der Waals surface area (Å²) in [5, 5.41) is 39.6. The molecule has 0 unspecified atom stereocenters. The first-order chi connectivity index (χ1) is 18.4. The molecule has 0 aliphatic carbocycles. The monoisotopic (exact) mass is 677 g/mol. The van der Waals surface area contributed by atoms with Crippen molar-refractivity contribution in [2.24, 2.45) is 0 Å². The van der Waals surface area contributed by atoms with Gasteiger partial charge in [-0.3, -0.25) is 19.9 Å². The maximum atomic E-state index is 9.89. The molecule has 0 fully saturated rings. The van der Waals surface area contributed by atoms with Crippen LogP contribution < -0.4 is 0 Å². The van der Waals surface area contributed by atoms with Crippen molar-refractivity contribution in [2.45, 2.75) is 11.6 Å². The third-order valence-electron chi connectivity index (χ3n) is 4.09. The van der Waals surface area contributed by atoms with Crippen LogP contribution in [-0.2, 0) is 28.6 Å². The number of aromatic nitrogens is 4. The van der Waals surface area contributed by atoms with Gasteiger partial charge in [0.05, 0.1) is 0 Å². The number of hydrogen-bond donors (Lipinski definition) is 4. The second kappa shape index (κ2) is 19.6. The molecule has 0 aliphatic heterocycles. The standard InChI is InChI=1S/2C11H10N2O2.2BF4.Cu.2H2O/c2*14-11(15,9-5-1-3-7-12-9)10-6-2-4-8-13-10;2*2-1(3,4)5;;;/h2*1-8,14-15H;;;;2*1H2/q;;2*-1;+2;;. The van der Waals surface area contributed by atoms with E-state index in [2.05, 4.69) is 19.9 Å². The fraction of sp³-hybridized carbons (Fsp3) is 0.0909. The smallest absolute Gasteiger partial charge is 0.418 e. The van der Waals surface area contributed by atoms with Crippen LogP contribution in [0, 0.1) is 0 Å². The van der Waals surface area contributed by atoms with Gasteiger partial charge in [-0.2, -0.15) is 0 Å². The molecule has 4 aromatic heterocycles. The Kier molecular flexibility index (Phi) is 20.0. The Balaban J connectivity index is -0.000000541. The van der Waals surface area contributed by atoms with Crippen molar-refractivity contribution >= 4 is 14.5 Å². The molecule has 43 heavy (non-hydrogen) atoms. The minimum atomic E-state index is -6.00. The van der Waals surface area contributed by atoms with Crippen molar-refractivity contribution in [3.8, 4) is 0 Å². The van der Waals surface area contributed by atoms with Crippen LogP contribution in [0.5, 0.6) is 0 Å². The summed E-state index contributed by atoms with van der Waals surface area (Å²) in [6.45, 7) is 0. The van der Waals surface area contributed by atoms with Crippen LogP contribution in [0.3, 0.4) is 0 Å². The van der Waals surface area contributed by atoms with E-state index in [-0.39, 0.29) is 50.8 Å². The van der Waals surface area contributed by atoms with Crippen LogP contribution >= 0.6 is 0 Å². The third kappa shape index (κ3) is 18.6. The van der Waals surface area contributed by atoms with Gasteiger partial charge in [0.2, 0.25) is 0 Å². The Hall–Kier alpha value is -3.55. The van der Waals surface area contributed by atoms with Crippen molar-refractivity contribution in [2.75, 3.05) is 0 Å². The van der Waals surface area contributed by atoms with Crippen molar-refractivity contribution in [1.29, 1.82) is 0 Å². The Morgan fingerprint density at radius 1 is 0.419 bits per heavy atom. The summed E-state index contributed by atoms with van der Waals surface area (Å²) < 4.78 is 78.0. The van der Waals surface area contributed by atoms with Gasteiger partial charge >= 0.3 is 31.6 Å². The predicted octanol–water partition coefficient (Wildman–Crippen LogP) is 2.27. The van der Waals surface area contributed by atoms with Gasteiger partial charge in [0.1, 0.15) is 22.8 Å². The largest absolute Gasteiger partial charge is 2.00 e. The summed E-state index contributed by atoms with van der Waals surface area (Å²) in [7, 11) is -12.0. The van der Waals surface area contributed by atoms with Crippen molar-refractivity contribution < 1.29 is 83.0 Å². The number of nitrogens with zero attached hydrogens (tertiary/aromatic N) is 4. The molecule has 0 atom stereocenters.